The number of hydrogen-bond donors (Lipinski definition) is 2. The van der Waals surface area contributed by atoms with Crippen molar-refractivity contribution in [1.82, 2.24) is 0 Å². The molecule has 0 aliphatic heterocycles. The molecule has 0 spiro atoms. The Kier molecular flexibility index (Phi) is 3.83. The summed E-state index contributed by atoms with van der Waals surface area (Å²) >= 11 is 4.21. The summed E-state index contributed by atoms with van der Waals surface area (Å²) in [5.41, 5.74) is 0.728. The lowest BCUT2D eigenvalue weighted by molar-refractivity contribution is -0.136. The normalized spacial score (nSPS) is 9.86. The molecule has 0 aromatic heterocycles. The van der Waals surface area contributed by atoms with E-state index in [9.17, 15) is 4.79 Å². The topological polar surface area (TPSA) is 46.5 Å². The summed E-state index contributed by atoms with van der Waals surface area (Å²) in [5.74, 6) is -0.160. The van der Waals surface area contributed by atoms with E-state index in [1.54, 1.807) is 18.2 Å². The molecule has 76 valence electrons. The molecule has 0 amide bonds. The first-order chi connectivity index (χ1) is 6.63. The first kappa shape index (κ1) is 10.9. The van der Waals surface area contributed by atoms with Gasteiger partial charge in [0.05, 0.1) is 13.0 Å². The smallest absolute Gasteiger partial charge is 0.307 e. The largest absolute Gasteiger partial charge is 0.493 e. The molecule has 1 rings (SSSR count). The van der Waals surface area contributed by atoms with Gasteiger partial charge < -0.3 is 9.84 Å². The van der Waals surface area contributed by atoms with Gasteiger partial charge in [0.25, 0.3) is 0 Å². The zero-order chi connectivity index (χ0) is 10.6. The van der Waals surface area contributed by atoms with Crippen LogP contribution >= 0.6 is 12.6 Å². The van der Waals surface area contributed by atoms with Gasteiger partial charge in [-0.3, -0.25) is 4.79 Å². The Balaban J connectivity index is 2.83. The van der Waals surface area contributed by atoms with Crippen molar-refractivity contribution in [2.45, 2.75) is 18.2 Å². The maximum absolute atomic E-state index is 10.4. The molecule has 0 bridgehead atoms. The Morgan fingerprint density at radius 1 is 1.57 bits per heavy atom. The van der Waals surface area contributed by atoms with Crippen molar-refractivity contribution in [2.75, 3.05) is 6.61 Å². The second kappa shape index (κ2) is 4.91. The van der Waals surface area contributed by atoms with Crippen molar-refractivity contribution < 1.29 is 14.6 Å². The maximum atomic E-state index is 10.4. The van der Waals surface area contributed by atoms with E-state index in [1.165, 1.54) is 0 Å². The maximum Gasteiger partial charge on any atom is 0.307 e. The van der Waals surface area contributed by atoms with Crippen LogP contribution in [0.15, 0.2) is 23.1 Å². The third-order valence-corrected chi connectivity index (χ3v) is 2.03. The summed E-state index contributed by atoms with van der Waals surface area (Å²) in [4.78, 5) is 11.1. The number of carboxylic acid groups (broad SMARTS) is 1. The highest BCUT2D eigenvalue weighted by atomic mass is 32.1. The molecule has 14 heavy (non-hydrogen) atoms. The molecule has 0 unspecified atom stereocenters. The minimum absolute atomic E-state index is 0.0139. The zero-order valence-corrected chi connectivity index (χ0v) is 8.75. The second-order valence-electron chi connectivity index (χ2n) is 2.81. The quantitative estimate of drug-likeness (QED) is 0.750. The standard InChI is InChI=1S/C10H12O3S/c1-2-13-8-4-3-7(5-9(8)14)6-10(11)12/h3-5,14H,2,6H2,1H3,(H,11,12). The number of aliphatic carboxylic acids is 1. The van der Waals surface area contributed by atoms with Crippen molar-refractivity contribution in [3.63, 3.8) is 0 Å². The molecule has 0 radical (unpaired) electrons. The van der Waals surface area contributed by atoms with Gasteiger partial charge in [0.2, 0.25) is 0 Å². The third kappa shape index (κ3) is 2.96. The van der Waals surface area contributed by atoms with E-state index in [4.69, 9.17) is 9.84 Å². The summed E-state index contributed by atoms with van der Waals surface area (Å²) in [7, 11) is 0. The molecule has 0 heterocycles. The number of carbonyl (C=O) groups is 1. The fourth-order valence-electron chi connectivity index (χ4n) is 1.13. The summed E-state index contributed by atoms with van der Waals surface area (Å²) in [6.45, 7) is 2.46. The Morgan fingerprint density at radius 2 is 2.29 bits per heavy atom. The van der Waals surface area contributed by atoms with E-state index in [1.807, 2.05) is 6.92 Å². The molecule has 1 aromatic rings. The van der Waals surface area contributed by atoms with Crippen LogP contribution in [0.1, 0.15) is 12.5 Å². The zero-order valence-electron chi connectivity index (χ0n) is 7.86. The molecule has 3 nitrogen and oxygen atoms in total. The van der Waals surface area contributed by atoms with Crippen LogP contribution in [-0.4, -0.2) is 17.7 Å². The fourth-order valence-corrected chi connectivity index (χ4v) is 1.43. The van der Waals surface area contributed by atoms with Gasteiger partial charge in [-0.25, -0.2) is 0 Å². The van der Waals surface area contributed by atoms with E-state index in [0.717, 1.165) is 5.56 Å². The van der Waals surface area contributed by atoms with Crippen molar-refractivity contribution in [2.24, 2.45) is 0 Å². The van der Waals surface area contributed by atoms with Gasteiger partial charge in [-0.15, -0.1) is 12.6 Å². The second-order valence-corrected chi connectivity index (χ2v) is 3.29. The molecule has 0 atom stereocenters. The fraction of sp³-hybridized carbons (Fsp3) is 0.300. The van der Waals surface area contributed by atoms with E-state index in [-0.39, 0.29) is 6.42 Å². The third-order valence-electron chi connectivity index (χ3n) is 1.68. The van der Waals surface area contributed by atoms with Crippen LogP contribution in [0.5, 0.6) is 5.75 Å². The Labute approximate surface area is 88.1 Å². The highest BCUT2D eigenvalue weighted by Crippen LogP contribution is 2.23. The average molecular weight is 212 g/mol. The van der Waals surface area contributed by atoms with E-state index in [0.29, 0.717) is 17.3 Å². The van der Waals surface area contributed by atoms with Crippen LogP contribution in [0.3, 0.4) is 0 Å². The highest BCUT2D eigenvalue weighted by molar-refractivity contribution is 7.80. The number of carboxylic acids is 1. The molecule has 0 fully saturated rings. The number of hydrogen-bond acceptors (Lipinski definition) is 3. The predicted molar refractivity (Wildman–Crippen MR) is 56.2 cm³/mol. The lowest BCUT2D eigenvalue weighted by atomic mass is 10.1. The van der Waals surface area contributed by atoms with Gasteiger partial charge in [-0.2, -0.15) is 0 Å². The van der Waals surface area contributed by atoms with Gasteiger partial charge in [0, 0.05) is 4.90 Å². The van der Waals surface area contributed by atoms with Crippen molar-refractivity contribution in [3.8, 4) is 5.75 Å². The minimum Gasteiger partial charge on any atom is -0.493 e. The van der Waals surface area contributed by atoms with Crippen molar-refractivity contribution in [3.05, 3.63) is 23.8 Å². The molecule has 1 aromatic carbocycles. The SMILES string of the molecule is CCOc1ccc(CC(=O)O)cc1S. The summed E-state index contributed by atoms with van der Waals surface area (Å²) in [5, 5.41) is 8.57. The first-order valence-electron chi connectivity index (χ1n) is 4.30. The minimum atomic E-state index is -0.845. The first-order valence-corrected chi connectivity index (χ1v) is 4.74. The van der Waals surface area contributed by atoms with E-state index >= 15 is 0 Å². The lowest BCUT2D eigenvalue weighted by Crippen LogP contribution is -2.00. The Bertz CT molecular complexity index is 336. The van der Waals surface area contributed by atoms with Crippen LogP contribution in [0.2, 0.25) is 0 Å². The van der Waals surface area contributed by atoms with Gasteiger partial charge in [-0.05, 0) is 24.6 Å². The van der Waals surface area contributed by atoms with Gasteiger partial charge in [0.1, 0.15) is 5.75 Å². The molecule has 1 N–H and O–H groups in total. The number of rotatable bonds is 4. The molecule has 0 saturated heterocycles. The molecule has 0 aliphatic rings. The average Bonchev–Trinajstić information content (AvgIpc) is 2.09. The molecule has 0 saturated carbocycles. The van der Waals surface area contributed by atoms with Crippen LogP contribution < -0.4 is 4.74 Å². The van der Waals surface area contributed by atoms with Crippen LogP contribution in [0, 0.1) is 0 Å². The molecule has 4 heteroatoms. The predicted octanol–water partition coefficient (Wildman–Crippen LogP) is 2.00. The molecular weight excluding hydrogens is 200 g/mol. The van der Waals surface area contributed by atoms with Crippen LogP contribution in [-0.2, 0) is 11.2 Å². The Morgan fingerprint density at radius 3 is 2.79 bits per heavy atom. The van der Waals surface area contributed by atoms with E-state index in [2.05, 4.69) is 12.6 Å². The van der Waals surface area contributed by atoms with Gasteiger partial charge >= 0.3 is 5.97 Å². The van der Waals surface area contributed by atoms with E-state index < -0.39 is 5.97 Å². The summed E-state index contributed by atoms with van der Waals surface area (Å²) in [6, 6.07) is 5.19. The molecule has 0 aliphatic carbocycles. The van der Waals surface area contributed by atoms with Gasteiger partial charge in [-0.1, -0.05) is 6.07 Å². The Hall–Kier alpha value is -1.16. The van der Waals surface area contributed by atoms with Crippen molar-refractivity contribution in [1.29, 1.82) is 0 Å². The lowest BCUT2D eigenvalue weighted by Gasteiger charge is -2.07. The number of ether oxygens (including phenoxy) is 1. The number of benzene rings is 1. The summed E-state index contributed by atoms with van der Waals surface area (Å²) < 4.78 is 5.27. The highest BCUT2D eigenvalue weighted by Gasteiger charge is 2.04. The van der Waals surface area contributed by atoms with Crippen LogP contribution in [0.25, 0.3) is 0 Å². The summed E-state index contributed by atoms with van der Waals surface area (Å²) in [6.07, 6.45) is 0.0139. The van der Waals surface area contributed by atoms with Gasteiger partial charge in [0.15, 0.2) is 0 Å². The molecular formula is C10H12O3S. The van der Waals surface area contributed by atoms with Crippen molar-refractivity contribution >= 4 is 18.6 Å². The monoisotopic (exact) mass is 212 g/mol. The van der Waals surface area contributed by atoms with Crippen LogP contribution in [0.4, 0.5) is 0 Å². The number of thiol groups is 1.